The Bertz CT molecular complexity index is 1350. The van der Waals surface area contributed by atoms with Gasteiger partial charge in [-0.15, -0.1) is 0 Å². The van der Waals surface area contributed by atoms with Crippen molar-refractivity contribution in [1.82, 2.24) is 10.2 Å². The predicted molar refractivity (Wildman–Crippen MR) is 142 cm³/mol. The summed E-state index contributed by atoms with van der Waals surface area (Å²) in [7, 11) is -4.25. The molecule has 0 bridgehead atoms. The molecule has 0 heterocycles. The van der Waals surface area contributed by atoms with Crippen LogP contribution in [-0.4, -0.2) is 44.3 Å². The molecule has 0 radical (unpaired) electrons. The second-order valence-electron chi connectivity index (χ2n) is 8.52. The van der Waals surface area contributed by atoms with Gasteiger partial charge in [-0.25, -0.2) is 12.8 Å². The molecule has 3 aromatic carbocycles. The first-order valence-corrected chi connectivity index (χ1v) is 13.5. The number of nitrogens with one attached hydrogen (secondary N) is 1. The lowest BCUT2D eigenvalue weighted by molar-refractivity contribution is -0.139. The van der Waals surface area contributed by atoms with E-state index in [0.717, 1.165) is 34.1 Å². The first-order valence-electron chi connectivity index (χ1n) is 11.7. The number of nitrogens with zero attached hydrogens (tertiary/aromatic N) is 2. The molecule has 0 aliphatic carbocycles. The fourth-order valence-corrected chi connectivity index (χ4v) is 5.34. The lowest BCUT2D eigenvalue weighted by Gasteiger charge is -2.32. The number of anilines is 1. The molecule has 7 nitrogen and oxygen atoms in total. The van der Waals surface area contributed by atoms with Crippen molar-refractivity contribution in [3.05, 3.63) is 94.8 Å². The van der Waals surface area contributed by atoms with Crippen LogP contribution in [0.15, 0.2) is 77.7 Å². The van der Waals surface area contributed by atoms with E-state index < -0.39 is 34.3 Å². The molecule has 3 rings (SSSR count). The summed E-state index contributed by atoms with van der Waals surface area (Å²) in [4.78, 5) is 27.6. The van der Waals surface area contributed by atoms with E-state index in [4.69, 9.17) is 11.6 Å². The summed E-state index contributed by atoms with van der Waals surface area (Å²) >= 11 is 6.12. The molecule has 0 fully saturated rings. The zero-order chi connectivity index (χ0) is 27.2. The van der Waals surface area contributed by atoms with Gasteiger partial charge < -0.3 is 10.2 Å². The van der Waals surface area contributed by atoms with Crippen molar-refractivity contribution in [1.29, 1.82) is 0 Å². The van der Waals surface area contributed by atoms with Crippen LogP contribution >= 0.6 is 11.6 Å². The number of carbonyl (C=O) groups excluding carboxylic acids is 2. The molecule has 3 aromatic rings. The lowest BCUT2D eigenvalue weighted by Crippen LogP contribution is -2.51. The smallest absolute Gasteiger partial charge is 0.264 e. The molecule has 0 aliphatic heterocycles. The van der Waals surface area contributed by atoms with E-state index in [-0.39, 0.29) is 23.0 Å². The summed E-state index contributed by atoms with van der Waals surface area (Å²) in [5.74, 6) is -1.55. The number of likely N-dealkylation sites (N-methyl/N-ethyl adjacent to an activating group) is 1. The van der Waals surface area contributed by atoms with Crippen molar-refractivity contribution >= 4 is 39.1 Å². The highest BCUT2D eigenvalue weighted by molar-refractivity contribution is 7.92. The molecule has 0 aliphatic rings. The molecule has 1 atom stereocenters. The molecular weight excluding hydrogens is 517 g/mol. The molecule has 0 saturated carbocycles. The lowest BCUT2D eigenvalue weighted by atomic mass is 10.1. The van der Waals surface area contributed by atoms with E-state index >= 15 is 0 Å². The van der Waals surface area contributed by atoms with Gasteiger partial charge in [0.25, 0.3) is 10.0 Å². The third-order valence-electron chi connectivity index (χ3n) is 5.76. The Morgan fingerprint density at radius 1 is 1.03 bits per heavy atom. The van der Waals surface area contributed by atoms with Gasteiger partial charge in [-0.3, -0.25) is 13.9 Å². The van der Waals surface area contributed by atoms with Gasteiger partial charge in [-0.05, 0) is 74.9 Å². The summed E-state index contributed by atoms with van der Waals surface area (Å²) < 4.78 is 41.7. The predicted octanol–water partition coefficient (Wildman–Crippen LogP) is 4.54. The van der Waals surface area contributed by atoms with E-state index in [2.05, 4.69) is 5.32 Å². The number of aryl methyl sites for hydroxylation is 1. The topological polar surface area (TPSA) is 86.8 Å². The van der Waals surface area contributed by atoms with Crippen molar-refractivity contribution in [3.63, 3.8) is 0 Å². The molecule has 0 saturated heterocycles. The fraction of sp³-hybridized carbons (Fsp3) is 0.259. The second kappa shape index (κ2) is 12.2. The Morgan fingerprint density at radius 2 is 1.68 bits per heavy atom. The van der Waals surface area contributed by atoms with Gasteiger partial charge in [-0.2, -0.15) is 0 Å². The van der Waals surface area contributed by atoms with Gasteiger partial charge in [0, 0.05) is 18.1 Å². The zero-order valence-electron chi connectivity index (χ0n) is 20.8. The van der Waals surface area contributed by atoms with Crippen LogP contribution in [-0.2, 0) is 26.2 Å². The maximum Gasteiger partial charge on any atom is 0.264 e. The molecule has 1 N–H and O–H groups in total. The van der Waals surface area contributed by atoms with Crippen molar-refractivity contribution in [2.75, 3.05) is 17.4 Å². The van der Waals surface area contributed by atoms with Crippen LogP contribution in [0.25, 0.3) is 0 Å². The van der Waals surface area contributed by atoms with Gasteiger partial charge in [0.2, 0.25) is 11.8 Å². The largest absolute Gasteiger partial charge is 0.355 e. The van der Waals surface area contributed by atoms with Gasteiger partial charge in [0.15, 0.2) is 0 Å². The summed E-state index contributed by atoms with van der Waals surface area (Å²) in [6.07, 6.45) is 0. The highest BCUT2D eigenvalue weighted by Gasteiger charge is 2.32. The molecule has 0 unspecified atom stereocenters. The van der Waals surface area contributed by atoms with Crippen LogP contribution in [0.1, 0.15) is 25.0 Å². The molecule has 196 valence electrons. The number of amides is 2. The van der Waals surface area contributed by atoms with Gasteiger partial charge in [0.1, 0.15) is 18.4 Å². The summed E-state index contributed by atoms with van der Waals surface area (Å²) in [6, 6.07) is 17.0. The first kappa shape index (κ1) is 28.1. The average Bonchev–Trinajstić information content (AvgIpc) is 2.86. The van der Waals surface area contributed by atoms with Crippen LogP contribution in [0, 0.1) is 12.7 Å². The molecule has 2 amide bonds. The fourth-order valence-electron chi connectivity index (χ4n) is 3.71. The highest BCUT2D eigenvalue weighted by atomic mass is 35.5. The van der Waals surface area contributed by atoms with E-state index in [1.807, 2.05) is 6.92 Å². The summed E-state index contributed by atoms with van der Waals surface area (Å²) in [5, 5.41) is 3.17. The van der Waals surface area contributed by atoms with Crippen LogP contribution in [0.3, 0.4) is 0 Å². The van der Waals surface area contributed by atoms with Crippen molar-refractivity contribution < 1.29 is 22.4 Å². The molecular formula is C27H29ClFN3O4S. The Kier molecular flexibility index (Phi) is 9.29. The van der Waals surface area contributed by atoms with Crippen LogP contribution < -0.4 is 9.62 Å². The molecule has 0 aromatic heterocycles. The van der Waals surface area contributed by atoms with Crippen molar-refractivity contribution in [2.45, 2.75) is 38.3 Å². The Hall–Kier alpha value is -3.43. The maximum absolute atomic E-state index is 13.7. The van der Waals surface area contributed by atoms with Crippen molar-refractivity contribution in [3.8, 4) is 0 Å². The quantitative estimate of drug-likeness (QED) is 0.405. The molecule has 37 heavy (non-hydrogen) atoms. The third-order valence-corrected chi connectivity index (χ3v) is 7.79. The molecule has 10 heteroatoms. The summed E-state index contributed by atoms with van der Waals surface area (Å²) in [6.45, 7) is 5.04. The van der Waals surface area contributed by atoms with E-state index in [1.165, 1.54) is 4.90 Å². The number of sulfonamides is 1. The Labute approximate surface area is 221 Å². The van der Waals surface area contributed by atoms with Crippen LogP contribution in [0.2, 0.25) is 5.02 Å². The van der Waals surface area contributed by atoms with Gasteiger partial charge in [0.05, 0.1) is 10.6 Å². The second-order valence-corrected chi connectivity index (χ2v) is 10.8. The highest BCUT2D eigenvalue weighted by Crippen LogP contribution is 2.25. The first-order chi connectivity index (χ1) is 17.5. The number of rotatable bonds is 10. The normalized spacial score (nSPS) is 12.0. The zero-order valence-corrected chi connectivity index (χ0v) is 22.4. The number of carbonyl (C=O) groups is 2. The van der Waals surface area contributed by atoms with Crippen LogP contribution in [0.4, 0.5) is 10.1 Å². The maximum atomic E-state index is 13.7. The average molecular weight is 546 g/mol. The molecule has 0 spiro atoms. The Morgan fingerprint density at radius 3 is 2.27 bits per heavy atom. The SMILES string of the molecule is CCNC(=O)[C@@H](C)N(Cc1cccc(Cl)c1)C(=O)CN(c1ccc(C)cc1)S(=O)(=O)c1ccc(F)cc1. The standard InChI is InChI=1S/C27H29ClFN3O4S/c1-4-30-27(34)20(3)31(17-21-6-5-7-22(28)16-21)26(33)18-32(24-12-8-19(2)9-13-24)37(35,36)25-14-10-23(29)11-15-25/h5-16,20H,4,17-18H2,1-3H3,(H,30,34)/t20-/m1/s1. The minimum absolute atomic E-state index is 0.0377. The van der Waals surface area contributed by atoms with E-state index in [0.29, 0.717) is 17.1 Å². The van der Waals surface area contributed by atoms with Crippen molar-refractivity contribution in [2.24, 2.45) is 0 Å². The minimum Gasteiger partial charge on any atom is -0.355 e. The number of hydrogen-bond donors (Lipinski definition) is 1. The van der Waals surface area contributed by atoms with Gasteiger partial charge in [-0.1, -0.05) is 41.4 Å². The number of halogens is 2. The van der Waals surface area contributed by atoms with Gasteiger partial charge >= 0.3 is 0 Å². The summed E-state index contributed by atoms with van der Waals surface area (Å²) in [5.41, 5.74) is 1.85. The number of hydrogen-bond acceptors (Lipinski definition) is 4. The van der Waals surface area contributed by atoms with Crippen LogP contribution in [0.5, 0.6) is 0 Å². The number of benzene rings is 3. The third kappa shape index (κ3) is 7.08. The minimum atomic E-state index is -4.25. The van der Waals surface area contributed by atoms with E-state index in [9.17, 15) is 22.4 Å². The Balaban J connectivity index is 2.02. The monoisotopic (exact) mass is 545 g/mol. The van der Waals surface area contributed by atoms with E-state index in [1.54, 1.807) is 62.4 Å².